The summed E-state index contributed by atoms with van der Waals surface area (Å²) < 4.78 is 32.5. The van der Waals surface area contributed by atoms with Crippen molar-refractivity contribution >= 4 is 11.9 Å². The molecular weight excluding hydrogens is 412 g/mol. The second-order valence-corrected chi connectivity index (χ2v) is 8.76. The van der Waals surface area contributed by atoms with Gasteiger partial charge in [-0.05, 0) is 55.5 Å². The van der Waals surface area contributed by atoms with Gasteiger partial charge in [0.2, 0.25) is 5.91 Å². The maximum Gasteiger partial charge on any atom is 0.336 e. The van der Waals surface area contributed by atoms with Crippen LogP contribution < -0.4 is 0 Å². The minimum absolute atomic E-state index is 0.0410. The van der Waals surface area contributed by atoms with Crippen LogP contribution in [-0.2, 0) is 20.9 Å². The number of esters is 1. The molecule has 6 heteroatoms. The highest BCUT2D eigenvalue weighted by atomic mass is 19.2. The molecule has 1 amide bonds. The number of hydrogen-bond acceptors (Lipinski definition) is 3. The number of carbonyl (C=O) groups excluding carboxylic acids is 2. The van der Waals surface area contributed by atoms with E-state index in [2.05, 4.69) is 13.8 Å². The first kappa shape index (κ1) is 23.6. The summed E-state index contributed by atoms with van der Waals surface area (Å²) >= 11 is 0. The van der Waals surface area contributed by atoms with Crippen molar-refractivity contribution in [3.05, 3.63) is 82.1 Å². The average molecular weight is 442 g/mol. The van der Waals surface area contributed by atoms with Crippen molar-refractivity contribution in [3.63, 3.8) is 0 Å². The maximum absolute atomic E-state index is 13.7. The summed E-state index contributed by atoms with van der Waals surface area (Å²) in [5.74, 6) is -2.65. The molecular formula is C26H29F2NO3. The van der Waals surface area contributed by atoms with E-state index in [1.165, 1.54) is 16.5 Å². The average Bonchev–Trinajstić information content (AvgIpc) is 2.72. The number of halogens is 2. The number of hydrogen-bond donors (Lipinski definition) is 0. The highest BCUT2D eigenvalue weighted by Gasteiger charge is 2.37. The van der Waals surface area contributed by atoms with E-state index in [1.54, 1.807) is 20.8 Å². The standard InChI is InChI=1S/C26H29F2NO3/c1-15(2)19-7-9-20(10-8-19)21-13-24(30)29(14-18-6-11-22(27)23(28)12-18)17(5)25(21)26(31)32-16(3)4/h6-12,15-16,21H,13-14H2,1-5H3. The molecule has 0 radical (unpaired) electrons. The van der Waals surface area contributed by atoms with Crippen molar-refractivity contribution < 1.29 is 23.1 Å². The van der Waals surface area contributed by atoms with Gasteiger partial charge in [0.05, 0.1) is 18.2 Å². The Labute approximate surface area is 187 Å². The molecule has 0 bridgehead atoms. The molecule has 0 N–H and O–H groups in total. The Hall–Kier alpha value is -3.02. The van der Waals surface area contributed by atoms with Crippen LogP contribution in [-0.4, -0.2) is 22.9 Å². The number of benzene rings is 2. The predicted molar refractivity (Wildman–Crippen MR) is 119 cm³/mol. The van der Waals surface area contributed by atoms with E-state index in [-0.39, 0.29) is 25.0 Å². The highest BCUT2D eigenvalue weighted by molar-refractivity contribution is 5.96. The van der Waals surface area contributed by atoms with Crippen molar-refractivity contribution in [3.8, 4) is 0 Å². The van der Waals surface area contributed by atoms with E-state index >= 15 is 0 Å². The Morgan fingerprint density at radius 3 is 2.28 bits per heavy atom. The number of ether oxygens (including phenoxy) is 1. The molecule has 0 fully saturated rings. The Kier molecular flexibility index (Phi) is 7.12. The van der Waals surface area contributed by atoms with Crippen molar-refractivity contribution in [2.24, 2.45) is 0 Å². The minimum atomic E-state index is -0.976. The second kappa shape index (κ2) is 9.63. The smallest absolute Gasteiger partial charge is 0.336 e. The lowest BCUT2D eigenvalue weighted by atomic mass is 9.83. The monoisotopic (exact) mass is 441 g/mol. The number of allylic oxidation sites excluding steroid dienone is 1. The summed E-state index contributed by atoms with van der Waals surface area (Å²) in [5, 5.41) is 0. The predicted octanol–water partition coefficient (Wildman–Crippen LogP) is 5.83. The van der Waals surface area contributed by atoms with Gasteiger partial charge in [-0.3, -0.25) is 4.79 Å². The van der Waals surface area contributed by atoms with Gasteiger partial charge in [-0.2, -0.15) is 0 Å². The van der Waals surface area contributed by atoms with Gasteiger partial charge in [0.15, 0.2) is 11.6 Å². The van der Waals surface area contributed by atoms with Crippen molar-refractivity contribution in [1.82, 2.24) is 4.90 Å². The summed E-state index contributed by atoms with van der Waals surface area (Å²) in [6, 6.07) is 11.5. The lowest BCUT2D eigenvalue weighted by molar-refractivity contribution is -0.143. The summed E-state index contributed by atoms with van der Waals surface area (Å²) in [5.41, 5.74) is 3.36. The van der Waals surface area contributed by atoms with Gasteiger partial charge in [-0.15, -0.1) is 0 Å². The molecule has 0 saturated heterocycles. The zero-order chi connectivity index (χ0) is 23.6. The Morgan fingerprint density at radius 1 is 1.06 bits per heavy atom. The van der Waals surface area contributed by atoms with Crippen molar-refractivity contribution in [2.75, 3.05) is 0 Å². The quantitative estimate of drug-likeness (QED) is 0.530. The van der Waals surface area contributed by atoms with Gasteiger partial charge in [0.25, 0.3) is 0 Å². The minimum Gasteiger partial charge on any atom is -0.460 e. The molecule has 4 nitrogen and oxygen atoms in total. The second-order valence-electron chi connectivity index (χ2n) is 8.76. The molecule has 1 atom stereocenters. The Morgan fingerprint density at radius 2 is 1.72 bits per heavy atom. The molecule has 0 saturated carbocycles. The fourth-order valence-electron chi connectivity index (χ4n) is 3.96. The summed E-state index contributed by atoms with van der Waals surface area (Å²) in [4.78, 5) is 27.6. The molecule has 32 heavy (non-hydrogen) atoms. The van der Waals surface area contributed by atoms with Crippen LogP contribution >= 0.6 is 0 Å². The molecule has 170 valence electrons. The van der Waals surface area contributed by atoms with E-state index in [0.29, 0.717) is 22.8 Å². The summed E-state index contributed by atoms with van der Waals surface area (Å²) in [7, 11) is 0. The summed E-state index contributed by atoms with van der Waals surface area (Å²) in [6.45, 7) is 9.48. The number of carbonyl (C=O) groups is 2. The first-order valence-corrected chi connectivity index (χ1v) is 10.8. The first-order chi connectivity index (χ1) is 15.1. The summed E-state index contributed by atoms with van der Waals surface area (Å²) in [6.07, 6.45) is -0.228. The van der Waals surface area contributed by atoms with E-state index in [0.717, 1.165) is 17.7 Å². The van der Waals surface area contributed by atoms with Crippen LogP contribution in [0.15, 0.2) is 53.7 Å². The lowest BCUT2D eigenvalue weighted by Crippen LogP contribution is -2.38. The molecule has 0 aliphatic carbocycles. The molecule has 0 spiro atoms. The topological polar surface area (TPSA) is 46.6 Å². The van der Waals surface area contributed by atoms with E-state index in [9.17, 15) is 18.4 Å². The lowest BCUT2D eigenvalue weighted by Gasteiger charge is -2.35. The van der Waals surface area contributed by atoms with Crippen LogP contribution in [0.3, 0.4) is 0 Å². The van der Waals surface area contributed by atoms with Gasteiger partial charge >= 0.3 is 5.97 Å². The third-order valence-electron chi connectivity index (χ3n) is 5.72. The fourth-order valence-corrected chi connectivity index (χ4v) is 3.96. The molecule has 1 heterocycles. The third kappa shape index (κ3) is 5.06. The van der Waals surface area contributed by atoms with Crippen LogP contribution in [0.2, 0.25) is 0 Å². The molecule has 1 aliphatic heterocycles. The Bertz CT molecular complexity index is 1040. The van der Waals surface area contributed by atoms with Crippen LogP contribution in [0.4, 0.5) is 8.78 Å². The van der Waals surface area contributed by atoms with Crippen LogP contribution in [0.5, 0.6) is 0 Å². The SMILES string of the molecule is CC1=C(C(=O)OC(C)C)C(c2ccc(C(C)C)cc2)CC(=O)N1Cc1ccc(F)c(F)c1. The normalized spacial score (nSPS) is 16.8. The molecule has 1 aliphatic rings. The molecule has 2 aromatic rings. The zero-order valence-electron chi connectivity index (χ0n) is 19.1. The van der Waals surface area contributed by atoms with Gasteiger partial charge in [0.1, 0.15) is 0 Å². The number of nitrogens with zero attached hydrogens (tertiary/aromatic N) is 1. The maximum atomic E-state index is 13.7. The van der Waals surface area contributed by atoms with E-state index in [1.807, 2.05) is 24.3 Å². The Balaban J connectivity index is 2.02. The number of amides is 1. The van der Waals surface area contributed by atoms with Crippen LogP contribution in [0.1, 0.15) is 69.6 Å². The molecule has 0 aromatic heterocycles. The van der Waals surface area contributed by atoms with Gasteiger partial charge in [-0.25, -0.2) is 13.6 Å². The van der Waals surface area contributed by atoms with Crippen LogP contribution in [0, 0.1) is 11.6 Å². The van der Waals surface area contributed by atoms with Gasteiger partial charge in [0, 0.05) is 18.0 Å². The fraction of sp³-hybridized carbons (Fsp3) is 0.385. The van der Waals surface area contributed by atoms with E-state index in [4.69, 9.17) is 4.74 Å². The van der Waals surface area contributed by atoms with E-state index < -0.39 is 23.5 Å². The highest BCUT2D eigenvalue weighted by Crippen LogP contribution is 2.38. The first-order valence-electron chi connectivity index (χ1n) is 10.8. The zero-order valence-corrected chi connectivity index (χ0v) is 19.1. The van der Waals surface area contributed by atoms with Gasteiger partial charge in [-0.1, -0.05) is 44.2 Å². The van der Waals surface area contributed by atoms with Crippen LogP contribution in [0.25, 0.3) is 0 Å². The molecule has 1 unspecified atom stereocenters. The van der Waals surface area contributed by atoms with Crippen molar-refractivity contribution in [2.45, 2.75) is 65.5 Å². The molecule has 3 rings (SSSR count). The third-order valence-corrected chi connectivity index (χ3v) is 5.72. The number of rotatable bonds is 6. The molecule has 2 aromatic carbocycles. The van der Waals surface area contributed by atoms with Gasteiger partial charge < -0.3 is 9.64 Å². The van der Waals surface area contributed by atoms with Crippen molar-refractivity contribution in [1.29, 1.82) is 0 Å². The largest absolute Gasteiger partial charge is 0.460 e.